The molecule has 30 heavy (non-hydrogen) atoms. The van der Waals surface area contributed by atoms with Crippen LogP contribution in [0.15, 0.2) is 67.0 Å². The molecule has 2 atom stereocenters. The van der Waals surface area contributed by atoms with Gasteiger partial charge in [0, 0.05) is 32.6 Å². The summed E-state index contributed by atoms with van der Waals surface area (Å²) in [6.45, 7) is 1.88. The molecule has 0 saturated heterocycles. The molecule has 0 unspecified atom stereocenters. The Kier molecular flexibility index (Phi) is 7.20. The Morgan fingerprint density at radius 1 is 1.17 bits per heavy atom. The van der Waals surface area contributed by atoms with Gasteiger partial charge in [-0.2, -0.15) is 0 Å². The van der Waals surface area contributed by atoms with Crippen molar-refractivity contribution in [3.8, 4) is 5.75 Å². The summed E-state index contributed by atoms with van der Waals surface area (Å²) in [5.74, 6) is 0.677. The van der Waals surface area contributed by atoms with E-state index >= 15 is 0 Å². The zero-order valence-electron chi connectivity index (χ0n) is 17.7. The van der Waals surface area contributed by atoms with Gasteiger partial charge < -0.3 is 14.7 Å². The Hall–Kier alpha value is -3.18. The van der Waals surface area contributed by atoms with Crippen molar-refractivity contribution in [3.63, 3.8) is 0 Å². The van der Waals surface area contributed by atoms with Gasteiger partial charge in [0.05, 0.1) is 6.10 Å². The SMILES string of the molecule is C[C@H](Oc1ccc2cc(C=CC(=O)N(C)C)ccc2c1)[C@H](O)CCc1cccnc1. The maximum absolute atomic E-state index is 11.7. The molecule has 1 aromatic heterocycles. The van der Waals surface area contributed by atoms with Crippen LogP contribution in [0.1, 0.15) is 24.5 Å². The number of hydrogen-bond acceptors (Lipinski definition) is 4. The van der Waals surface area contributed by atoms with E-state index in [-0.39, 0.29) is 12.0 Å². The minimum absolute atomic E-state index is 0.0464. The number of aliphatic hydroxyl groups is 1. The van der Waals surface area contributed by atoms with Crippen LogP contribution in [0.5, 0.6) is 5.75 Å². The zero-order chi connectivity index (χ0) is 21.5. The Morgan fingerprint density at radius 3 is 2.67 bits per heavy atom. The Labute approximate surface area is 177 Å². The predicted octanol–water partition coefficient (Wildman–Crippen LogP) is 4.10. The van der Waals surface area contributed by atoms with Crippen molar-refractivity contribution >= 4 is 22.8 Å². The number of fused-ring (bicyclic) bond motifs is 1. The molecule has 5 heteroatoms. The number of ether oxygens (including phenoxy) is 1. The minimum atomic E-state index is -0.567. The van der Waals surface area contributed by atoms with Gasteiger partial charge in [-0.1, -0.05) is 24.3 Å². The van der Waals surface area contributed by atoms with Crippen LogP contribution in [-0.2, 0) is 11.2 Å². The molecule has 0 radical (unpaired) electrons. The molecule has 5 nitrogen and oxygen atoms in total. The summed E-state index contributed by atoms with van der Waals surface area (Å²) in [6, 6.07) is 15.8. The van der Waals surface area contributed by atoms with Crippen LogP contribution in [0.2, 0.25) is 0 Å². The zero-order valence-corrected chi connectivity index (χ0v) is 17.7. The quantitative estimate of drug-likeness (QED) is 0.574. The van der Waals surface area contributed by atoms with Crippen LogP contribution in [0.25, 0.3) is 16.8 Å². The molecule has 0 bridgehead atoms. The van der Waals surface area contributed by atoms with Crippen molar-refractivity contribution < 1.29 is 14.6 Å². The second kappa shape index (κ2) is 10.0. The fourth-order valence-electron chi connectivity index (χ4n) is 3.12. The second-order valence-corrected chi connectivity index (χ2v) is 7.62. The molecule has 0 spiro atoms. The van der Waals surface area contributed by atoms with Crippen molar-refractivity contribution in [2.24, 2.45) is 0 Å². The van der Waals surface area contributed by atoms with E-state index in [0.29, 0.717) is 6.42 Å². The minimum Gasteiger partial charge on any atom is -0.488 e. The molecular weight excluding hydrogens is 376 g/mol. The number of likely N-dealkylation sites (N-methyl/N-ethyl adjacent to an activating group) is 1. The number of pyridine rings is 1. The number of rotatable bonds is 8. The van der Waals surface area contributed by atoms with Crippen molar-refractivity contribution in [3.05, 3.63) is 78.1 Å². The van der Waals surface area contributed by atoms with Gasteiger partial charge in [0.2, 0.25) is 5.91 Å². The Morgan fingerprint density at radius 2 is 1.93 bits per heavy atom. The van der Waals surface area contributed by atoms with E-state index in [4.69, 9.17) is 4.74 Å². The van der Waals surface area contributed by atoms with Gasteiger partial charge in [-0.05, 0) is 72.0 Å². The van der Waals surface area contributed by atoms with Crippen LogP contribution in [0, 0.1) is 0 Å². The highest BCUT2D eigenvalue weighted by Gasteiger charge is 2.16. The standard InChI is InChI=1S/C25H28N2O3/c1-18(24(28)12-7-20-5-4-14-26-17-20)30-23-11-10-21-15-19(6-9-22(21)16-23)8-13-25(29)27(2)3/h4-6,8-11,13-18,24,28H,7,12H2,1-3H3/t18-,24+/m0/s1. The fourth-order valence-corrected chi connectivity index (χ4v) is 3.12. The molecule has 0 fully saturated rings. The average Bonchev–Trinajstić information content (AvgIpc) is 2.76. The smallest absolute Gasteiger partial charge is 0.246 e. The molecule has 0 aliphatic rings. The lowest BCUT2D eigenvalue weighted by Crippen LogP contribution is -2.29. The Balaban J connectivity index is 1.62. The number of aryl methyl sites for hydroxylation is 1. The molecule has 1 amide bonds. The van der Waals surface area contributed by atoms with E-state index in [9.17, 15) is 9.90 Å². The van der Waals surface area contributed by atoms with Crippen molar-refractivity contribution in [1.29, 1.82) is 0 Å². The summed E-state index contributed by atoms with van der Waals surface area (Å²) < 4.78 is 5.98. The van der Waals surface area contributed by atoms with Crippen LogP contribution < -0.4 is 4.74 Å². The van der Waals surface area contributed by atoms with E-state index in [1.807, 2.05) is 67.7 Å². The first-order valence-corrected chi connectivity index (χ1v) is 10.1. The van der Waals surface area contributed by atoms with E-state index in [1.54, 1.807) is 26.4 Å². The van der Waals surface area contributed by atoms with Gasteiger partial charge in [0.15, 0.2) is 0 Å². The van der Waals surface area contributed by atoms with E-state index in [1.165, 1.54) is 4.90 Å². The lowest BCUT2D eigenvalue weighted by molar-refractivity contribution is -0.123. The number of aromatic nitrogens is 1. The number of carbonyl (C=O) groups excluding carboxylic acids is 1. The molecule has 0 saturated carbocycles. The van der Waals surface area contributed by atoms with Crippen LogP contribution in [0.4, 0.5) is 0 Å². The number of hydrogen-bond donors (Lipinski definition) is 1. The fraction of sp³-hybridized carbons (Fsp3) is 0.280. The summed E-state index contributed by atoms with van der Waals surface area (Å²) in [5, 5.41) is 12.6. The molecule has 2 aromatic carbocycles. The number of amides is 1. The molecule has 3 rings (SSSR count). The lowest BCUT2D eigenvalue weighted by atomic mass is 10.0. The number of aliphatic hydroxyl groups excluding tert-OH is 1. The van der Waals surface area contributed by atoms with Gasteiger partial charge in [-0.25, -0.2) is 0 Å². The monoisotopic (exact) mass is 404 g/mol. The first-order valence-electron chi connectivity index (χ1n) is 10.1. The van der Waals surface area contributed by atoms with Gasteiger partial charge in [-0.15, -0.1) is 0 Å². The third-order valence-corrected chi connectivity index (χ3v) is 5.01. The van der Waals surface area contributed by atoms with Crippen LogP contribution >= 0.6 is 0 Å². The highest BCUT2D eigenvalue weighted by molar-refractivity contribution is 5.92. The third-order valence-electron chi connectivity index (χ3n) is 5.01. The van der Waals surface area contributed by atoms with E-state index < -0.39 is 6.10 Å². The lowest BCUT2D eigenvalue weighted by Gasteiger charge is -2.21. The summed E-state index contributed by atoms with van der Waals surface area (Å²) >= 11 is 0. The summed E-state index contributed by atoms with van der Waals surface area (Å²) in [7, 11) is 3.46. The topological polar surface area (TPSA) is 62.7 Å². The number of benzene rings is 2. The summed E-state index contributed by atoms with van der Waals surface area (Å²) in [4.78, 5) is 17.3. The van der Waals surface area contributed by atoms with Crippen molar-refractivity contribution in [1.82, 2.24) is 9.88 Å². The van der Waals surface area contributed by atoms with Gasteiger partial charge in [0.25, 0.3) is 0 Å². The maximum atomic E-state index is 11.7. The summed E-state index contributed by atoms with van der Waals surface area (Å²) in [5.41, 5.74) is 2.07. The molecule has 156 valence electrons. The summed E-state index contributed by atoms with van der Waals surface area (Å²) in [6.07, 6.45) is 7.42. The largest absolute Gasteiger partial charge is 0.488 e. The normalized spacial score (nSPS) is 13.3. The molecule has 1 heterocycles. The molecule has 0 aliphatic heterocycles. The van der Waals surface area contributed by atoms with E-state index in [2.05, 4.69) is 4.98 Å². The number of carbonyl (C=O) groups is 1. The number of nitrogens with zero attached hydrogens (tertiary/aromatic N) is 2. The molecular formula is C25H28N2O3. The maximum Gasteiger partial charge on any atom is 0.246 e. The highest BCUT2D eigenvalue weighted by atomic mass is 16.5. The first kappa shape index (κ1) is 21.5. The Bertz CT molecular complexity index is 1020. The highest BCUT2D eigenvalue weighted by Crippen LogP contribution is 2.24. The van der Waals surface area contributed by atoms with Gasteiger partial charge in [-0.3, -0.25) is 9.78 Å². The van der Waals surface area contributed by atoms with Crippen molar-refractivity contribution in [2.45, 2.75) is 32.0 Å². The molecule has 1 N–H and O–H groups in total. The van der Waals surface area contributed by atoms with Gasteiger partial charge in [0.1, 0.15) is 11.9 Å². The molecule has 0 aliphatic carbocycles. The van der Waals surface area contributed by atoms with Gasteiger partial charge >= 0.3 is 0 Å². The average molecular weight is 405 g/mol. The van der Waals surface area contributed by atoms with Crippen LogP contribution in [0.3, 0.4) is 0 Å². The van der Waals surface area contributed by atoms with Crippen LogP contribution in [-0.4, -0.2) is 47.2 Å². The molecule has 3 aromatic rings. The predicted molar refractivity (Wildman–Crippen MR) is 120 cm³/mol. The second-order valence-electron chi connectivity index (χ2n) is 7.62. The van der Waals surface area contributed by atoms with E-state index in [0.717, 1.165) is 34.1 Å². The van der Waals surface area contributed by atoms with Crippen molar-refractivity contribution in [2.75, 3.05) is 14.1 Å². The first-order chi connectivity index (χ1) is 14.4. The third kappa shape index (κ3) is 5.91.